The highest BCUT2D eigenvalue weighted by Gasteiger charge is 2.20. The normalized spacial score (nSPS) is 13.2. The van der Waals surface area contributed by atoms with Crippen molar-refractivity contribution in [1.82, 2.24) is 9.38 Å². The quantitative estimate of drug-likeness (QED) is 0.186. The van der Waals surface area contributed by atoms with Crippen LogP contribution in [0, 0.1) is 6.92 Å². The highest BCUT2D eigenvalue weighted by molar-refractivity contribution is 6.24. The van der Waals surface area contributed by atoms with Crippen molar-refractivity contribution in [3.63, 3.8) is 0 Å². The molecule has 0 radical (unpaired) electrons. The van der Waals surface area contributed by atoms with E-state index >= 15 is 0 Å². The Morgan fingerprint density at radius 2 is 1.14 bits per heavy atom. The summed E-state index contributed by atoms with van der Waals surface area (Å²) in [5, 5.41) is 5.09. The molecule has 6 aromatic carbocycles. The molecule has 0 amide bonds. The van der Waals surface area contributed by atoms with Gasteiger partial charge in [-0.25, -0.2) is 0 Å². The van der Waals surface area contributed by atoms with Crippen molar-refractivity contribution < 1.29 is 0 Å². The Kier molecular flexibility index (Phi) is 7.63. The number of nitrogens with zero attached hydrogens (tertiary/aromatic N) is 2. The number of fused-ring (bicyclic) bond motifs is 7. The van der Waals surface area contributed by atoms with E-state index in [0.29, 0.717) is 0 Å². The van der Waals surface area contributed by atoms with Gasteiger partial charge in [0.2, 0.25) is 0 Å². The number of aromatic nitrogens is 2. The highest BCUT2D eigenvalue weighted by Crippen LogP contribution is 2.43. The summed E-state index contributed by atoms with van der Waals surface area (Å²) in [4.78, 5) is 4.68. The fourth-order valence-electron chi connectivity index (χ4n) is 7.63. The lowest BCUT2D eigenvalue weighted by Gasteiger charge is -2.11. The Balaban J connectivity index is 0.000000226. The van der Waals surface area contributed by atoms with Gasteiger partial charge in [0.15, 0.2) is 0 Å². The number of allylic oxidation sites excluding steroid dienone is 5. The van der Waals surface area contributed by atoms with Crippen LogP contribution in [-0.2, 0) is 0 Å². The lowest BCUT2D eigenvalue weighted by molar-refractivity contribution is 1.33. The van der Waals surface area contributed by atoms with Gasteiger partial charge in [-0.2, -0.15) is 0 Å². The van der Waals surface area contributed by atoms with Crippen molar-refractivity contribution in [1.29, 1.82) is 0 Å². The summed E-state index contributed by atoms with van der Waals surface area (Å²) in [5.74, 6) is 0. The van der Waals surface area contributed by atoms with Gasteiger partial charge in [-0.1, -0.05) is 139 Å². The first-order valence-corrected chi connectivity index (χ1v) is 17.6. The number of hydrogen-bond donors (Lipinski definition) is 0. The van der Waals surface area contributed by atoms with E-state index in [1.165, 1.54) is 82.6 Å². The van der Waals surface area contributed by atoms with Crippen LogP contribution in [0.2, 0.25) is 0 Å². The molecular formula is C49H36N2. The number of rotatable bonds is 3. The second-order valence-electron chi connectivity index (χ2n) is 13.2. The lowest BCUT2D eigenvalue weighted by Crippen LogP contribution is -1.86. The third kappa shape index (κ3) is 5.33. The van der Waals surface area contributed by atoms with Crippen LogP contribution >= 0.6 is 0 Å². The van der Waals surface area contributed by atoms with Crippen LogP contribution in [0.4, 0.5) is 0 Å². The van der Waals surface area contributed by atoms with Gasteiger partial charge in [-0.3, -0.25) is 4.98 Å². The molecule has 2 heteroatoms. The predicted molar refractivity (Wildman–Crippen MR) is 218 cm³/mol. The van der Waals surface area contributed by atoms with E-state index in [4.69, 9.17) is 0 Å². The van der Waals surface area contributed by atoms with E-state index in [1.807, 2.05) is 12.3 Å². The summed E-state index contributed by atoms with van der Waals surface area (Å²) in [7, 11) is 0. The molecule has 3 heterocycles. The van der Waals surface area contributed by atoms with Gasteiger partial charge in [0, 0.05) is 33.3 Å². The minimum atomic E-state index is 0.997. The first-order chi connectivity index (χ1) is 25.2. The summed E-state index contributed by atoms with van der Waals surface area (Å²) in [6.45, 7) is 4.21. The van der Waals surface area contributed by atoms with Gasteiger partial charge in [-0.05, 0) is 95.3 Å². The number of para-hydroxylation sites is 1. The highest BCUT2D eigenvalue weighted by atomic mass is 14.9. The second kappa shape index (κ2) is 12.7. The number of benzene rings is 6. The van der Waals surface area contributed by atoms with Crippen LogP contribution in [0.3, 0.4) is 0 Å². The Bertz CT molecular complexity index is 2790. The molecule has 242 valence electrons. The van der Waals surface area contributed by atoms with E-state index in [-0.39, 0.29) is 0 Å². The molecule has 9 aromatic rings. The van der Waals surface area contributed by atoms with Gasteiger partial charge < -0.3 is 4.40 Å². The summed E-state index contributed by atoms with van der Waals surface area (Å²) >= 11 is 0. The molecule has 51 heavy (non-hydrogen) atoms. The van der Waals surface area contributed by atoms with E-state index in [1.54, 1.807) is 0 Å². The predicted octanol–water partition coefficient (Wildman–Crippen LogP) is 13.2. The molecule has 0 saturated carbocycles. The molecule has 1 aliphatic carbocycles. The van der Waals surface area contributed by atoms with Crippen molar-refractivity contribution in [3.8, 4) is 33.5 Å². The third-order valence-electron chi connectivity index (χ3n) is 10.1. The zero-order chi connectivity index (χ0) is 34.3. The molecule has 0 aliphatic heterocycles. The maximum atomic E-state index is 4.68. The molecule has 0 atom stereocenters. The van der Waals surface area contributed by atoms with Crippen molar-refractivity contribution in [2.75, 3.05) is 0 Å². The topological polar surface area (TPSA) is 17.3 Å². The summed E-state index contributed by atoms with van der Waals surface area (Å²) in [6.07, 6.45) is 12.5. The summed E-state index contributed by atoms with van der Waals surface area (Å²) in [5.41, 5.74) is 16.0. The van der Waals surface area contributed by atoms with Crippen LogP contribution in [0.1, 0.15) is 23.6 Å². The number of hydrogen-bond acceptors (Lipinski definition) is 1. The minimum absolute atomic E-state index is 0.997. The maximum Gasteiger partial charge on any atom is 0.0702 e. The van der Waals surface area contributed by atoms with Crippen molar-refractivity contribution in [2.24, 2.45) is 0 Å². The van der Waals surface area contributed by atoms with Crippen LogP contribution in [0.25, 0.3) is 83.3 Å². The Labute approximate surface area is 298 Å². The standard InChI is InChI=1S/C36H24N2.C13H12/c1-23-13-15-24(16-14-23)27-8-2-3-9-28(27)25-17-18-35-30(20-25)32-22-26(33-11-6-7-19-37-33)21-31-29-10-4-5-12-34(29)38(35)36(31)32;1-2-11-7-3-4-8-12-9-5-6-10-13(11)12/h2-22H,1H3;2-10H,1H3/b;11-2-. The molecule has 0 saturated heterocycles. The Morgan fingerprint density at radius 3 is 1.92 bits per heavy atom. The van der Waals surface area contributed by atoms with E-state index in [0.717, 1.165) is 11.3 Å². The van der Waals surface area contributed by atoms with Crippen LogP contribution in [0.5, 0.6) is 0 Å². The van der Waals surface area contributed by atoms with Crippen LogP contribution in [0.15, 0.2) is 176 Å². The second-order valence-corrected chi connectivity index (χ2v) is 13.2. The molecular weight excluding hydrogens is 617 g/mol. The maximum absolute atomic E-state index is 4.68. The molecule has 0 spiro atoms. The smallest absolute Gasteiger partial charge is 0.0702 e. The Hall–Kier alpha value is -6.51. The SMILES string of the molecule is C/C=C1/C=CC=Cc2ccccc21.Cc1ccc(-c2ccccc2-c2ccc3c(c2)c2cc(-c4ccccn4)cc4c5ccccc5n3c42)cc1. The first-order valence-electron chi connectivity index (χ1n) is 17.6. The zero-order valence-corrected chi connectivity index (χ0v) is 28.7. The summed E-state index contributed by atoms with van der Waals surface area (Å²) < 4.78 is 2.44. The van der Waals surface area contributed by atoms with Gasteiger partial charge >= 0.3 is 0 Å². The van der Waals surface area contributed by atoms with Crippen molar-refractivity contribution in [2.45, 2.75) is 13.8 Å². The van der Waals surface area contributed by atoms with Gasteiger partial charge in [-0.15, -0.1) is 0 Å². The molecule has 0 N–H and O–H groups in total. The van der Waals surface area contributed by atoms with Crippen molar-refractivity contribution in [3.05, 3.63) is 193 Å². The molecule has 1 aliphatic rings. The lowest BCUT2D eigenvalue weighted by atomic mass is 9.93. The van der Waals surface area contributed by atoms with Crippen molar-refractivity contribution >= 4 is 49.7 Å². The average Bonchev–Trinajstić information content (AvgIpc) is 3.61. The number of aryl methyl sites for hydroxylation is 1. The molecule has 2 nitrogen and oxygen atoms in total. The zero-order valence-electron chi connectivity index (χ0n) is 28.7. The molecule has 0 fully saturated rings. The van der Waals surface area contributed by atoms with Gasteiger partial charge in [0.1, 0.15) is 0 Å². The molecule has 10 rings (SSSR count). The van der Waals surface area contributed by atoms with E-state index in [2.05, 4.69) is 193 Å². The largest absolute Gasteiger partial charge is 0.308 e. The monoisotopic (exact) mass is 652 g/mol. The van der Waals surface area contributed by atoms with Gasteiger partial charge in [0.05, 0.1) is 22.2 Å². The van der Waals surface area contributed by atoms with E-state index in [9.17, 15) is 0 Å². The molecule has 0 bridgehead atoms. The fraction of sp³-hybridized carbons (Fsp3) is 0.0408. The summed E-state index contributed by atoms with van der Waals surface area (Å²) in [6, 6.07) is 52.4. The number of pyridine rings is 1. The van der Waals surface area contributed by atoms with E-state index < -0.39 is 0 Å². The average molecular weight is 653 g/mol. The van der Waals surface area contributed by atoms with Crippen LogP contribution in [-0.4, -0.2) is 9.38 Å². The minimum Gasteiger partial charge on any atom is -0.308 e. The van der Waals surface area contributed by atoms with Gasteiger partial charge in [0.25, 0.3) is 0 Å². The molecule has 0 unspecified atom stereocenters. The first kappa shape index (κ1) is 30.5. The fourth-order valence-corrected chi connectivity index (χ4v) is 7.63. The molecule has 3 aromatic heterocycles. The third-order valence-corrected chi connectivity index (χ3v) is 10.1. The van der Waals surface area contributed by atoms with Crippen LogP contribution < -0.4 is 0 Å². The Morgan fingerprint density at radius 1 is 0.510 bits per heavy atom.